The van der Waals surface area contributed by atoms with Gasteiger partial charge in [0.25, 0.3) is 0 Å². The molecule has 4 aromatic heterocycles. The Balaban J connectivity index is 1.16. The summed E-state index contributed by atoms with van der Waals surface area (Å²) in [4.78, 5) is 15.4. The second-order valence-corrected chi connectivity index (χ2v) is 14.3. The van der Waals surface area contributed by atoms with E-state index in [2.05, 4.69) is 126 Å². The molecule has 0 aliphatic carbocycles. The predicted octanol–water partition coefficient (Wildman–Crippen LogP) is 13.4. The van der Waals surface area contributed by atoms with Gasteiger partial charge in [0.2, 0.25) is 0 Å². The lowest BCUT2D eigenvalue weighted by Crippen LogP contribution is -2.00. The second kappa shape index (κ2) is 12.3. The van der Waals surface area contributed by atoms with Gasteiger partial charge in [-0.05, 0) is 59.7 Å². The molecule has 0 N–H and O–H groups in total. The summed E-state index contributed by atoms with van der Waals surface area (Å²) in [5, 5.41) is 6.43. The number of benzene rings is 8. The number of furan rings is 2. The molecule has 6 nitrogen and oxygen atoms in total. The largest absolute Gasteiger partial charge is 0.456 e. The molecule has 0 amide bonds. The number of aromatic nitrogens is 4. The molecule has 0 unspecified atom stereocenters. The van der Waals surface area contributed by atoms with Gasteiger partial charge < -0.3 is 13.4 Å². The fraction of sp³-hybridized carbons (Fsp3) is 0. The van der Waals surface area contributed by atoms with Crippen molar-refractivity contribution in [1.29, 1.82) is 0 Å². The summed E-state index contributed by atoms with van der Waals surface area (Å²) in [5.41, 5.74) is 11.1. The van der Waals surface area contributed by atoms with Crippen molar-refractivity contribution in [3.8, 4) is 51.0 Å². The molecule has 0 atom stereocenters. The lowest BCUT2D eigenvalue weighted by Gasteiger charge is -2.09. The van der Waals surface area contributed by atoms with E-state index < -0.39 is 0 Å². The van der Waals surface area contributed by atoms with E-state index in [-0.39, 0.29) is 0 Å². The van der Waals surface area contributed by atoms with Gasteiger partial charge in [0.1, 0.15) is 16.7 Å². The van der Waals surface area contributed by atoms with Gasteiger partial charge in [-0.25, -0.2) is 15.0 Å². The summed E-state index contributed by atoms with van der Waals surface area (Å²) >= 11 is 0. The van der Waals surface area contributed by atoms with Crippen molar-refractivity contribution in [2.45, 2.75) is 0 Å². The Labute approximate surface area is 325 Å². The highest BCUT2D eigenvalue weighted by molar-refractivity contribution is 6.26. The Morgan fingerprint density at radius 2 is 1.00 bits per heavy atom. The number of para-hydroxylation sites is 4. The van der Waals surface area contributed by atoms with E-state index in [0.29, 0.717) is 23.1 Å². The van der Waals surface area contributed by atoms with Gasteiger partial charge in [0, 0.05) is 49.1 Å². The van der Waals surface area contributed by atoms with Crippen LogP contribution >= 0.6 is 0 Å². The van der Waals surface area contributed by atoms with Gasteiger partial charge in [-0.1, -0.05) is 133 Å². The minimum Gasteiger partial charge on any atom is -0.456 e. The van der Waals surface area contributed by atoms with Crippen molar-refractivity contribution in [3.63, 3.8) is 0 Å². The molecule has 0 bridgehead atoms. The molecule has 12 aromatic rings. The summed E-state index contributed by atoms with van der Waals surface area (Å²) in [7, 11) is 0. The van der Waals surface area contributed by atoms with Crippen molar-refractivity contribution < 1.29 is 8.83 Å². The average molecular weight is 731 g/mol. The molecule has 12 rings (SSSR count). The fourth-order valence-electron chi connectivity index (χ4n) is 8.48. The fourth-order valence-corrected chi connectivity index (χ4v) is 8.48. The van der Waals surface area contributed by atoms with E-state index in [9.17, 15) is 0 Å². The first kappa shape index (κ1) is 31.5. The SMILES string of the molecule is c1ccc(-c2nc(-c3ccc4c(c3)oc3ccccc34)nc(-c3cccc4c3oc3c4c(-c4ccccc4)cc4c5ccccc5n(-c5ccccc5)c43)n2)cc1. The van der Waals surface area contributed by atoms with Crippen LogP contribution in [0.4, 0.5) is 0 Å². The normalized spacial score (nSPS) is 11.9. The molecule has 4 heterocycles. The third-order valence-electron chi connectivity index (χ3n) is 11.0. The van der Waals surface area contributed by atoms with E-state index >= 15 is 0 Å². The lowest BCUT2D eigenvalue weighted by atomic mass is 9.96. The number of hydrogen-bond acceptors (Lipinski definition) is 5. The summed E-state index contributed by atoms with van der Waals surface area (Å²) in [5.74, 6) is 1.64. The topological polar surface area (TPSA) is 69.9 Å². The summed E-state index contributed by atoms with van der Waals surface area (Å²) < 4.78 is 15.9. The molecule has 0 saturated heterocycles. The zero-order chi connectivity index (χ0) is 37.5. The number of hydrogen-bond donors (Lipinski definition) is 0. The molecular weight excluding hydrogens is 701 g/mol. The van der Waals surface area contributed by atoms with Crippen LogP contribution in [0.15, 0.2) is 191 Å². The molecule has 57 heavy (non-hydrogen) atoms. The molecule has 0 radical (unpaired) electrons. The van der Waals surface area contributed by atoms with Gasteiger partial charge in [-0.3, -0.25) is 0 Å². The third-order valence-corrected chi connectivity index (χ3v) is 11.0. The van der Waals surface area contributed by atoms with Crippen LogP contribution in [0.25, 0.3) is 117 Å². The minimum absolute atomic E-state index is 0.523. The van der Waals surface area contributed by atoms with Crippen molar-refractivity contribution in [2.75, 3.05) is 0 Å². The molecule has 0 spiro atoms. The van der Waals surface area contributed by atoms with Gasteiger partial charge in [0.05, 0.1) is 16.6 Å². The Bertz CT molecular complexity index is 3510. The highest BCUT2D eigenvalue weighted by Crippen LogP contribution is 2.47. The van der Waals surface area contributed by atoms with Crippen LogP contribution < -0.4 is 0 Å². The Kier molecular flexibility index (Phi) is 6.83. The molecule has 0 saturated carbocycles. The smallest absolute Gasteiger partial charge is 0.167 e. The van der Waals surface area contributed by atoms with Crippen LogP contribution in [0.2, 0.25) is 0 Å². The molecule has 6 heteroatoms. The van der Waals surface area contributed by atoms with Gasteiger partial charge >= 0.3 is 0 Å². The van der Waals surface area contributed by atoms with Crippen molar-refractivity contribution >= 4 is 65.7 Å². The van der Waals surface area contributed by atoms with Gasteiger partial charge in [-0.15, -0.1) is 0 Å². The highest BCUT2D eigenvalue weighted by atomic mass is 16.3. The van der Waals surface area contributed by atoms with Crippen molar-refractivity contribution in [2.24, 2.45) is 0 Å². The highest BCUT2D eigenvalue weighted by Gasteiger charge is 2.25. The van der Waals surface area contributed by atoms with Crippen LogP contribution in [-0.2, 0) is 0 Å². The first-order valence-corrected chi connectivity index (χ1v) is 19.0. The van der Waals surface area contributed by atoms with Gasteiger partial charge in [0.15, 0.2) is 23.1 Å². The maximum Gasteiger partial charge on any atom is 0.167 e. The quantitative estimate of drug-likeness (QED) is 0.176. The van der Waals surface area contributed by atoms with Crippen LogP contribution in [-0.4, -0.2) is 19.5 Å². The number of nitrogens with zero attached hydrogens (tertiary/aromatic N) is 4. The first-order valence-electron chi connectivity index (χ1n) is 19.0. The third kappa shape index (κ3) is 4.87. The zero-order valence-electron chi connectivity index (χ0n) is 30.4. The molecule has 266 valence electrons. The summed E-state index contributed by atoms with van der Waals surface area (Å²) in [6.07, 6.45) is 0. The minimum atomic E-state index is 0.523. The maximum atomic E-state index is 7.25. The zero-order valence-corrected chi connectivity index (χ0v) is 30.4. The number of fused-ring (bicyclic) bond motifs is 10. The van der Waals surface area contributed by atoms with E-state index in [1.807, 2.05) is 60.7 Å². The predicted molar refractivity (Wildman–Crippen MR) is 230 cm³/mol. The van der Waals surface area contributed by atoms with E-state index in [1.54, 1.807) is 0 Å². The molecular formula is C51H30N4O2. The van der Waals surface area contributed by atoms with Crippen LogP contribution in [0.5, 0.6) is 0 Å². The molecule has 0 aliphatic heterocycles. The molecule has 0 aliphatic rings. The Morgan fingerprint density at radius 3 is 1.81 bits per heavy atom. The standard InChI is InChI=1S/C51H30N4O2/c1-4-15-31(16-5-1)40-30-41-35-21-10-12-25-42(35)55(34-19-8-3-9-20-34)46(41)48-45(40)38-23-14-24-39(47(38)57-48)51-53-49(32-17-6-2-7-18-32)52-50(54-51)33-27-28-37-36-22-11-13-26-43(36)56-44(37)29-33/h1-30H. The summed E-state index contributed by atoms with van der Waals surface area (Å²) in [6, 6.07) is 62.6. The maximum absolute atomic E-state index is 7.25. The second-order valence-electron chi connectivity index (χ2n) is 14.3. The van der Waals surface area contributed by atoms with Crippen LogP contribution in [0.1, 0.15) is 0 Å². The first-order chi connectivity index (χ1) is 28.3. The average Bonchev–Trinajstić information content (AvgIpc) is 3.96. The number of rotatable bonds is 5. The van der Waals surface area contributed by atoms with Crippen LogP contribution in [0, 0.1) is 0 Å². The Hall–Kier alpha value is -7.83. The van der Waals surface area contributed by atoms with Gasteiger partial charge in [-0.2, -0.15) is 0 Å². The Morgan fingerprint density at radius 1 is 0.368 bits per heavy atom. The van der Waals surface area contributed by atoms with E-state index in [1.165, 1.54) is 0 Å². The lowest BCUT2D eigenvalue weighted by molar-refractivity contribution is 0.669. The monoisotopic (exact) mass is 730 g/mol. The van der Waals surface area contributed by atoms with Crippen LogP contribution in [0.3, 0.4) is 0 Å². The van der Waals surface area contributed by atoms with E-state index in [4.69, 9.17) is 23.8 Å². The van der Waals surface area contributed by atoms with Crippen molar-refractivity contribution in [1.82, 2.24) is 19.5 Å². The van der Waals surface area contributed by atoms with Crippen molar-refractivity contribution in [3.05, 3.63) is 182 Å². The summed E-state index contributed by atoms with van der Waals surface area (Å²) in [6.45, 7) is 0. The van der Waals surface area contributed by atoms with E-state index in [0.717, 1.165) is 93.6 Å². The molecule has 0 fully saturated rings. The molecule has 8 aromatic carbocycles.